The number of ether oxygens (including phenoxy) is 5. The van der Waals surface area contributed by atoms with Gasteiger partial charge in [-0.15, -0.1) is 0 Å². The summed E-state index contributed by atoms with van der Waals surface area (Å²) < 4.78 is 30.6. The summed E-state index contributed by atoms with van der Waals surface area (Å²) >= 11 is 0. The van der Waals surface area contributed by atoms with Crippen LogP contribution < -0.4 is 35.8 Å². The highest BCUT2D eigenvalue weighted by Gasteiger charge is 2.53. The molecule has 121 heavy (non-hydrogen) atoms. The molecule has 0 saturated carbocycles. The van der Waals surface area contributed by atoms with Crippen LogP contribution in [0.5, 0.6) is 11.5 Å². The maximum Gasteiger partial charge on any atom is 0.407 e. The van der Waals surface area contributed by atoms with Crippen molar-refractivity contribution < 1.29 is 52.8 Å². The van der Waals surface area contributed by atoms with Crippen LogP contribution >= 0.6 is 0 Å². The number of anilines is 2. The molecule has 17 heteroatoms. The molecule has 0 fully saturated rings. The number of carboxylic acid groups (broad SMARTS) is 1. The number of carbonyl (C=O) groups is 5. The van der Waals surface area contributed by atoms with Crippen LogP contribution in [-0.2, 0) is 24.5 Å². The van der Waals surface area contributed by atoms with E-state index in [9.17, 15) is 24.0 Å². The van der Waals surface area contributed by atoms with E-state index >= 15 is 0 Å². The van der Waals surface area contributed by atoms with Gasteiger partial charge in [-0.05, 0) is 62.2 Å². The number of unbranched alkanes of at least 4 members (excludes halogenated alkanes) is 60. The fraction of sp³-hybridized carbons (Fsp3) is 0.760. The highest BCUT2D eigenvalue weighted by atomic mass is 16.6. The number of amides is 4. The van der Waals surface area contributed by atoms with Crippen LogP contribution in [0.15, 0.2) is 73.4 Å². The second-order valence-corrected chi connectivity index (χ2v) is 35.1. The Morgan fingerprint density at radius 3 is 0.909 bits per heavy atom. The van der Waals surface area contributed by atoms with E-state index < -0.39 is 35.9 Å². The highest BCUT2D eigenvalue weighted by molar-refractivity contribution is 5.97. The molecule has 1 unspecified atom stereocenters. The number of fused-ring (bicyclic) bond motifs is 6. The van der Waals surface area contributed by atoms with Gasteiger partial charge >= 0.3 is 30.3 Å². The third-order valence-corrected chi connectivity index (χ3v) is 24.6. The summed E-state index contributed by atoms with van der Waals surface area (Å²) in [6, 6.07) is 19.0. The van der Waals surface area contributed by atoms with Gasteiger partial charge in [-0.1, -0.05) is 438 Å². The fourth-order valence-electron chi connectivity index (χ4n) is 17.1. The normalized spacial score (nSPS) is 13.0. The molecule has 1 atom stereocenters. The Balaban J connectivity index is 0.00000121. The van der Waals surface area contributed by atoms with E-state index in [1.807, 2.05) is 64.4 Å². The number of hydrogen-bond donors (Lipinski definition) is 5. The topological polar surface area (TPSA) is 206 Å². The second-order valence-electron chi connectivity index (χ2n) is 35.1. The van der Waals surface area contributed by atoms with Gasteiger partial charge in [0.1, 0.15) is 31.3 Å². The van der Waals surface area contributed by atoms with Crippen molar-refractivity contribution in [3.63, 3.8) is 0 Å². The van der Waals surface area contributed by atoms with Gasteiger partial charge in [0.2, 0.25) is 0 Å². The number of nitrogens with one attached hydrogen (secondary N) is 4. The third-order valence-electron chi connectivity index (χ3n) is 24.6. The summed E-state index contributed by atoms with van der Waals surface area (Å²) in [6.45, 7) is 16.7. The second kappa shape index (κ2) is 74.7. The van der Waals surface area contributed by atoms with E-state index in [0.29, 0.717) is 79.6 Å². The molecule has 2 aliphatic heterocycles. The minimum atomic E-state index is -1.33. The zero-order chi connectivity index (χ0) is 86.6. The molecule has 5 N–H and O–H groups in total. The molecule has 0 aliphatic carbocycles. The van der Waals surface area contributed by atoms with E-state index in [4.69, 9.17) is 28.8 Å². The van der Waals surface area contributed by atoms with E-state index in [-0.39, 0.29) is 19.8 Å². The smallest absolute Gasteiger partial charge is 0.407 e. The zero-order valence-corrected chi connectivity index (χ0v) is 77.8. The van der Waals surface area contributed by atoms with Crippen LogP contribution in [-0.4, -0.2) is 101 Å². The minimum Gasteiger partial charge on any atom is -0.465 e. The van der Waals surface area contributed by atoms with E-state index in [1.54, 1.807) is 12.3 Å². The first-order valence-corrected chi connectivity index (χ1v) is 50.6. The number of alkyl carbamates (subject to hydrolysis) is 3. The van der Waals surface area contributed by atoms with Gasteiger partial charge in [0.15, 0.2) is 5.60 Å². The number of hydrogen-bond acceptors (Lipinski definition) is 12. The van der Waals surface area contributed by atoms with Crippen molar-refractivity contribution in [2.75, 3.05) is 75.4 Å². The van der Waals surface area contributed by atoms with Crippen LogP contribution in [0.25, 0.3) is 0 Å². The predicted octanol–water partition coefficient (Wildman–Crippen LogP) is 30.5. The molecule has 5 rings (SSSR count). The van der Waals surface area contributed by atoms with Gasteiger partial charge in [0.25, 0.3) is 0 Å². The van der Waals surface area contributed by atoms with Gasteiger partial charge in [0.05, 0.1) is 25.2 Å². The van der Waals surface area contributed by atoms with Gasteiger partial charge in [-0.25, -0.2) is 24.0 Å². The standard InChI is InChI=1S/C85H139N5O9.C19H39NO2/c1-5-9-12-15-18-21-24-27-30-33-36-39-42-45-48-53-62-86-82(92)95-68-65-89(8-4)73-58-60-77-79(71-73)98-80-72-74(59-61-78(80)85(77)76-57-52-51-56-75(76)81(91)99-85)90(66-69-96-83(93)87-63-54-49-46-43-40-37-34-31-28-25-22-19-16-13-10-6-2)67-70-97-84(94)88-64-55-50-47-44-41-38-35-32-29-26-23-20-17-14-11-7-3;1-2-3-4-5-6-7-8-9-10-11-12-13-14-15-16-17-18-20-19(21)22/h8,51-52,56-61,71-72H,4-7,9-50,53-55,62-70H2,1-3H3,(H,86,92)(H,87,93)(H,88,94);20H,2-18H2,1H3,(H,21,22). The van der Waals surface area contributed by atoms with Crippen molar-refractivity contribution in [1.82, 2.24) is 21.3 Å². The molecule has 2 heterocycles. The van der Waals surface area contributed by atoms with Crippen molar-refractivity contribution >= 4 is 41.7 Å². The lowest BCUT2D eigenvalue weighted by Crippen LogP contribution is -2.36. The van der Waals surface area contributed by atoms with Crippen LogP contribution in [0, 0.1) is 0 Å². The number of carbonyl (C=O) groups excluding carboxylic acids is 4. The van der Waals surface area contributed by atoms with Crippen molar-refractivity contribution in [3.8, 4) is 11.5 Å². The van der Waals surface area contributed by atoms with E-state index in [0.717, 1.165) is 62.7 Å². The molecule has 2 aliphatic rings. The minimum absolute atomic E-state index is 0.0810. The Kier molecular flexibility index (Phi) is 65.9. The average Bonchev–Trinajstić information content (AvgIpc) is 1.58. The molecule has 0 bridgehead atoms. The number of nitrogens with zero attached hydrogens (tertiary/aromatic N) is 2. The molecule has 17 nitrogen and oxygen atoms in total. The Morgan fingerprint density at radius 1 is 0.347 bits per heavy atom. The Morgan fingerprint density at radius 2 is 0.612 bits per heavy atom. The lowest BCUT2D eigenvalue weighted by Gasteiger charge is -2.37. The van der Waals surface area contributed by atoms with Crippen molar-refractivity contribution in [1.29, 1.82) is 0 Å². The number of benzene rings is 3. The summed E-state index contributed by atoms with van der Waals surface area (Å²) in [6.07, 6.45) is 83.2. The first-order valence-electron chi connectivity index (χ1n) is 50.6. The van der Waals surface area contributed by atoms with Crippen molar-refractivity contribution in [2.45, 2.75) is 444 Å². The largest absolute Gasteiger partial charge is 0.465 e. The Bertz CT molecular complexity index is 3000. The summed E-state index contributed by atoms with van der Waals surface area (Å²) in [5.74, 6) is 0.509. The lowest BCUT2D eigenvalue weighted by molar-refractivity contribution is 0.0224. The predicted molar refractivity (Wildman–Crippen MR) is 507 cm³/mol. The molecule has 690 valence electrons. The molecule has 4 amide bonds. The molecule has 3 aromatic rings. The molecule has 1 spiro atoms. The van der Waals surface area contributed by atoms with Crippen molar-refractivity contribution in [3.05, 3.63) is 95.7 Å². The SMILES string of the molecule is C=CN(CCOC(=O)NCCCCCCCCCCCCCCCCCC)c1ccc2c(c1)Oc1cc(N(CCOC(=O)NCCCCCCCCCCCCCCCCCC)CCOC(=O)NCCCCCCCCCCCCCCCCCC)ccc1C21OC(=O)c2ccccc21.CCCCCCCCCCCCCCCCCCNC(=O)O. The number of rotatable bonds is 80. The molecule has 0 radical (unpaired) electrons. The van der Waals surface area contributed by atoms with Gasteiger partial charge < -0.3 is 59.9 Å². The van der Waals surface area contributed by atoms with Crippen LogP contribution in [0.4, 0.5) is 30.6 Å². The Labute approximate surface area is 738 Å². The van der Waals surface area contributed by atoms with Crippen LogP contribution in [0.2, 0.25) is 0 Å². The molecular formula is C104H178N6O11. The summed E-state index contributed by atoms with van der Waals surface area (Å²) in [5, 5.41) is 19.7. The highest BCUT2D eigenvalue weighted by Crippen LogP contribution is 2.57. The third kappa shape index (κ3) is 51.4. The molecule has 3 aromatic carbocycles. The molecular weight excluding hydrogens is 1510 g/mol. The maximum atomic E-state index is 13.9. The lowest BCUT2D eigenvalue weighted by atomic mass is 9.77. The molecule has 0 saturated heterocycles. The van der Waals surface area contributed by atoms with Crippen LogP contribution in [0.3, 0.4) is 0 Å². The van der Waals surface area contributed by atoms with Crippen molar-refractivity contribution in [2.24, 2.45) is 0 Å². The van der Waals surface area contributed by atoms with Gasteiger partial charge in [-0.2, -0.15) is 0 Å². The Hall–Kier alpha value is -6.65. The first kappa shape index (κ1) is 107. The summed E-state index contributed by atoms with van der Waals surface area (Å²) in [5.41, 5.74) is 2.63. The summed E-state index contributed by atoms with van der Waals surface area (Å²) in [4.78, 5) is 67.1. The van der Waals surface area contributed by atoms with Gasteiger partial charge in [0, 0.05) is 66.4 Å². The first-order chi connectivity index (χ1) is 59.5. The number of esters is 1. The fourth-order valence-corrected chi connectivity index (χ4v) is 17.1. The monoisotopic (exact) mass is 1690 g/mol. The zero-order valence-electron chi connectivity index (χ0n) is 77.8. The van der Waals surface area contributed by atoms with E-state index in [2.05, 4.69) is 55.5 Å². The quantitative estimate of drug-likeness (QED) is 0.0203. The maximum absolute atomic E-state index is 13.9. The van der Waals surface area contributed by atoms with Crippen LogP contribution in [0.1, 0.15) is 466 Å². The summed E-state index contributed by atoms with van der Waals surface area (Å²) in [7, 11) is 0. The van der Waals surface area contributed by atoms with E-state index in [1.165, 1.54) is 360 Å². The average molecular weight is 1690 g/mol. The van der Waals surface area contributed by atoms with Gasteiger partial charge in [-0.3, -0.25) is 0 Å². The molecule has 0 aromatic heterocycles.